The van der Waals surface area contributed by atoms with E-state index < -0.39 is 29.6 Å². The Balaban J connectivity index is 3.76. The van der Waals surface area contributed by atoms with Crippen molar-refractivity contribution in [1.29, 1.82) is 5.26 Å². The Bertz CT molecular complexity index is 606. The van der Waals surface area contributed by atoms with E-state index in [0.29, 0.717) is 0 Å². The van der Waals surface area contributed by atoms with E-state index in [2.05, 4.69) is 0 Å². The largest absolute Gasteiger partial charge is 0.289 e. The third-order valence-corrected chi connectivity index (χ3v) is 3.51. The van der Waals surface area contributed by atoms with Crippen molar-refractivity contribution in [2.75, 3.05) is 0 Å². The molecule has 0 saturated carbocycles. The van der Waals surface area contributed by atoms with E-state index in [-0.39, 0.29) is 5.56 Å². The number of hydrogen-bond acceptors (Lipinski definition) is 5. The van der Waals surface area contributed by atoms with E-state index in [1.54, 1.807) is 0 Å². The Morgan fingerprint density at radius 2 is 2.00 bits per heavy atom. The predicted molar refractivity (Wildman–Crippen MR) is 55.9 cm³/mol. The molecule has 0 aromatic heterocycles. The van der Waals surface area contributed by atoms with Gasteiger partial charge in [0.25, 0.3) is 14.7 Å². The highest BCUT2D eigenvalue weighted by Gasteiger charge is 2.27. The van der Waals surface area contributed by atoms with Gasteiger partial charge in [0.15, 0.2) is 0 Å². The van der Waals surface area contributed by atoms with Crippen LogP contribution in [0.3, 0.4) is 0 Å². The molecule has 0 fully saturated rings. The number of nitro groups is 1. The van der Waals surface area contributed by atoms with E-state index in [1.165, 1.54) is 6.07 Å². The molecule has 0 saturated heterocycles. The van der Waals surface area contributed by atoms with Crippen molar-refractivity contribution in [3.63, 3.8) is 0 Å². The fourth-order valence-corrected chi connectivity index (χ4v) is 2.85. The molecule has 6 nitrogen and oxygen atoms in total. The van der Waals surface area contributed by atoms with Crippen LogP contribution in [0.15, 0.2) is 17.0 Å². The summed E-state index contributed by atoms with van der Waals surface area (Å²) in [4.78, 5) is 8.89. The van der Waals surface area contributed by atoms with Crippen LogP contribution in [0.5, 0.6) is 0 Å². The van der Waals surface area contributed by atoms with Crippen LogP contribution in [0.2, 0.25) is 5.02 Å². The Labute approximate surface area is 99.6 Å². The van der Waals surface area contributed by atoms with E-state index in [0.717, 1.165) is 12.1 Å². The molecule has 0 amide bonds. The fourth-order valence-electron chi connectivity index (χ4n) is 1.01. The summed E-state index contributed by atoms with van der Waals surface area (Å²) in [7, 11) is 0.720. The van der Waals surface area contributed by atoms with Gasteiger partial charge < -0.3 is 0 Å². The average molecular weight is 281 g/mol. The Morgan fingerprint density at radius 3 is 2.38 bits per heavy atom. The highest BCUT2D eigenvalue weighted by atomic mass is 35.7. The lowest BCUT2D eigenvalue weighted by atomic mass is 10.2. The smallest absolute Gasteiger partial charge is 0.258 e. The first-order chi connectivity index (χ1) is 7.29. The topological polar surface area (TPSA) is 101 Å². The van der Waals surface area contributed by atoms with Gasteiger partial charge in [-0.25, -0.2) is 8.42 Å². The standard InChI is InChI=1S/C7H2Cl2N2O4S/c8-6-5(11(12)13)2-1-4(3-10)7(6)16(9,14)15/h1-2H. The van der Waals surface area contributed by atoms with Gasteiger partial charge >= 0.3 is 0 Å². The molecule has 0 radical (unpaired) electrons. The average Bonchev–Trinajstić information content (AvgIpc) is 2.14. The van der Waals surface area contributed by atoms with Crippen LogP contribution in [-0.2, 0) is 9.05 Å². The minimum Gasteiger partial charge on any atom is -0.258 e. The number of nitro benzene ring substituents is 1. The Kier molecular flexibility index (Phi) is 3.38. The van der Waals surface area contributed by atoms with E-state index >= 15 is 0 Å². The van der Waals surface area contributed by atoms with Gasteiger partial charge in [-0.1, -0.05) is 11.6 Å². The summed E-state index contributed by atoms with van der Waals surface area (Å²) in [5, 5.41) is 18.5. The highest BCUT2D eigenvalue weighted by Crippen LogP contribution is 2.35. The Hall–Kier alpha value is -1.36. The molecular weight excluding hydrogens is 279 g/mol. The maximum atomic E-state index is 11.1. The molecule has 0 heterocycles. The zero-order valence-corrected chi connectivity index (χ0v) is 9.67. The molecule has 0 unspecified atom stereocenters. The zero-order chi connectivity index (χ0) is 12.5. The van der Waals surface area contributed by atoms with Crippen molar-refractivity contribution in [2.24, 2.45) is 0 Å². The minimum absolute atomic E-state index is 0.342. The normalized spacial score (nSPS) is 10.8. The Morgan fingerprint density at radius 1 is 1.44 bits per heavy atom. The number of halogens is 2. The summed E-state index contributed by atoms with van der Waals surface area (Å²) in [6.45, 7) is 0. The molecule has 84 valence electrons. The molecule has 0 aliphatic carbocycles. The molecular formula is C7H2Cl2N2O4S. The molecule has 9 heteroatoms. The van der Waals surface area contributed by atoms with Crippen LogP contribution >= 0.6 is 22.3 Å². The molecule has 1 aromatic carbocycles. The van der Waals surface area contributed by atoms with Crippen molar-refractivity contribution in [1.82, 2.24) is 0 Å². The lowest BCUT2D eigenvalue weighted by Crippen LogP contribution is -2.00. The van der Waals surface area contributed by atoms with Crippen LogP contribution in [0, 0.1) is 21.4 Å². The number of benzene rings is 1. The summed E-state index contributed by atoms with van der Waals surface area (Å²) < 4.78 is 22.2. The highest BCUT2D eigenvalue weighted by molar-refractivity contribution is 8.13. The number of hydrogen-bond donors (Lipinski definition) is 0. The first-order valence-electron chi connectivity index (χ1n) is 3.60. The van der Waals surface area contributed by atoms with Crippen LogP contribution in [-0.4, -0.2) is 13.3 Å². The molecule has 0 bridgehead atoms. The maximum Gasteiger partial charge on any atom is 0.289 e. The summed E-state index contributed by atoms with van der Waals surface area (Å²) >= 11 is 5.52. The van der Waals surface area contributed by atoms with Gasteiger partial charge in [-0.05, 0) is 6.07 Å². The second kappa shape index (κ2) is 4.25. The van der Waals surface area contributed by atoms with Crippen LogP contribution in [0.4, 0.5) is 5.69 Å². The number of nitrogens with zero attached hydrogens (tertiary/aromatic N) is 2. The van der Waals surface area contributed by atoms with Gasteiger partial charge in [-0.15, -0.1) is 0 Å². The predicted octanol–water partition coefficient (Wildman–Crippen LogP) is 2.05. The second-order valence-electron chi connectivity index (χ2n) is 2.58. The molecule has 0 spiro atoms. The summed E-state index contributed by atoms with van der Waals surface area (Å²) in [6.07, 6.45) is 0. The van der Waals surface area contributed by atoms with Crippen molar-refractivity contribution in [2.45, 2.75) is 4.90 Å². The molecule has 0 N–H and O–H groups in total. The van der Waals surface area contributed by atoms with Crippen LogP contribution in [0.1, 0.15) is 5.56 Å². The van der Waals surface area contributed by atoms with E-state index in [4.69, 9.17) is 27.5 Å². The van der Waals surface area contributed by atoms with E-state index in [9.17, 15) is 18.5 Å². The van der Waals surface area contributed by atoms with Gasteiger partial charge in [0.05, 0.1) is 10.5 Å². The molecule has 0 atom stereocenters. The third kappa shape index (κ3) is 2.24. The van der Waals surface area contributed by atoms with Gasteiger partial charge in [0.2, 0.25) is 0 Å². The van der Waals surface area contributed by atoms with Crippen molar-refractivity contribution >= 4 is 37.0 Å². The molecule has 1 aromatic rings. The first kappa shape index (κ1) is 12.7. The minimum atomic E-state index is -4.32. The first-order valence-corrected chi connectivity index (χ1v) is 6.29. The molecule has 1 rings (SSSR count). The molecule has 0 aliphatic rings. The quantitative estimate of drug-likeness (QED) is 0.469. The monoisotopic (exact) mass is 280 g/mol. The van der Waals surface area contributed by atoms with Crippen LogP contribution < -0.4 is 0 Å². The van der Waals surface area contributed by atoms with Gasteiger partial charge in [0, 0.05) is 16.7 Å². The lowest BCUT2D eigenvalue weighted by molar-refractivity contribution is -0.384. The van der Waals surface area contributed by atoms with Crippen LogP contribution in [0.25, 0.3) is 0 Å². The second-order valence-corrected chi connectivity index (χ2v) is 5.46. The summed E-state index contributed by atoms with van der Waals surface area (Å²) in [6, 6.07) is 3.45. The van der Waals surface area contributed by atoms with Crippen molar-refractivity contribution in [3.05, 3.63) is 32.8 Å². The SMILES string of the molecule is N#Cc1ccc([N+](=O)[O-])c(Cl)c1S(=O)(=O)Cl. The number of rotatable bonds is 2. The molecule has 16 heavy (non-hydrogen) atoms. The van der Waals surface area contributed by atoms with Gasteiger partial charge in [-0.2, -0.15) is 5.26 Å². The lowest BCUT2D eigenvalue weighted by Gasteiger charge is -2.02. The fraction of sp³-hybridized carbons (Fsp3) is 0. The van der Waals surface area contributed by atoms with Crippen molar-refractivity contribution < 1.29 is 13.3 Å². The summed E-state index contributed by atoms with van der Waals surface area (Å²) in [5.41, 5.74) is -0.967. The van der Waals surface area contributed by atoms with Gasteiger partial charge in [-0.3, -0.25) is 10.1 Å². The van der Waals surface area contributed by atoms with Crippen molar-refractivity contribution in [3.8, 4) is 6.07 Å². The van der Waals surface area contributed by atoms with Gasteiger partial charge in [0.1, 0.15) is 16.0 Å². The van der Waals surface area contributed by atoms with E-state index in [1.807, 2.05) is 0 Å². The third-order valence-electron chi connectivity index (χ3n) is 1.64. The maximum absolute atomic E-state index is 11.1. The summed E-state index contributed by atoms with van der Waals surface area (Å²) in [5.74, 6) is 0. The zero-order valence-electron chi connectivity index (χ0n) is 7.35. The number of nitriles is 1. The molecule has 0 aliphatic heterocycles.